The average molecular weight is 278 g/mol. The molecule has 0 atom stereocenters. The van der Waals surface area contributed by atoms with Crippen molar-refractivity contribution in [1.29, 1.82) is 0 Å². The van der Waals surface area contributed by atoms with Crippen LogP contribution in [0, 0.1) is 5.41 Å². The fourth-order valence-electron chi connectivity index (χ4n) is 2.29. The summed E-state index contributed by atoms with van der Waals surface area (Å²) in [4.78, 5) is 29.5. The summed E-state index contributed by atoms with van der Waals surface area (Å²) in [5, 5.41) is 9.42. The molecule has 0 spiro atoms. The van der Waals surface area contributed by atoms with Gasteiger partial charge in [-0.2, -0.15) is 0 Å². The molecule has 0 radical (unpaired) electrons. The SMILES string of the molecule is CCN(C(=O)CC(CC)(CC)C(=O)O)c1ccncc1. The number of carboxylic acids is 1. The van der Waals surface area contributed by atoms with Gasteiger partial charge in [0.1, 0.15) is 0 Å². The minimum Gasteiger partial charge on any atom is -0.481 e. The van der Waals surface area contributed by atoms with Crippen LogP contribution in [0.1, 0.15) is 40.0 Å². The first-order valence-electron chi connectivity index (χ1n) is 6.94. The summed E-state index contributed by atoms with van der Waals surface area (Å²) in [5.41, 5.74) is -0.226. The third kappa shape index (κ3) is 3.35. The van der Waals surface area contributed by atoms with Gasteiger partial charge in [-0.15, -0.1) is 0 Å². The lowest BCUT2D eigenvalue weighted by atomic mass is 9.79. The summed E-state index contributed by atoms with van der Waals surface area (Å²) in [5.74, 6) is -1.06. The Balaban J connectivity index is 2.95. The number of hydrogen-bond donors (Lipinski definition) is 1. The van der Waals surface area contributed by atoms with Gasteiger partial charge in [-0.05, 0) is 31.9 Å². The fraction of sp³-hybridized carbons (Fsp3) is 0.533. The van der Waals surface area contributed by atoms with Gasteiger partial charge in [0.15, 0.2) is 0 Å². The summed E-state index contributed by atoms with van der Waals surface area (Å²) in [6, 6.07) is 3.50. The van der Waals surface area contributed by atoms with Gasteiger partial charge in [-0.1, -0.05) is 13.8 Å². The van der Waals surface area contributed by atoms with Gasteiger partial charge in [0.25, 0.3) is 0 Å². The quantitative estimate of drug-likeness (QED) is 0.832. The van der Waals surface area contributed by atoms with Crippen LogP contribution in [0.2, 0.25) is 0 Å². The van der Waals surface area contributed by atoms with Crippen LogP contribution in [0.5, 0.6) is 0 Å². The molecule has 20 heavy (non-hydrogen) atoms. The smallest absolute Gasteiger partial charge is 0.310 e. The summed E-state index contributed by atoms with van der Waals surface area (Å²) in [6.45, 7) is 6.01. The van der Waals surface area contributed by atoms with Crippen LogP contribution in [0.3, 0.4) is 0 Å². The number of amides is 1. The van der Waals surface area contributed by atoms with E-state index in [1.807, 2.05) is 20.8 Å². The van der Waals surface area contributed by atoms with Gasteiger partial charge in [0, 0.05) is 31.0 Å². The maximum absolute atomic E-state index is 12.5. The van der Waals surface area contributed by atoms with Crippen LogP contribution in [0.15, 0.2) is 24.5 Å². The summed E-state index contributed by atoms with van der Waals surface area (Å²) in [6.07, 6.45) is 4.15. The maximum atomic E-state index is 12.5. The number of rotatable bonds is 7. The number of nitrogens with zero attached hydrogens (tertiary/aromatic N) is 2. The van der Waals surface area contributed by atoms with Crippen LogP contribution in [0.25, 0.3) is 0 Å². The number of carbonyl (C=O) groups excluding carboxylic acids is 1. The molecule has 0 saturated carbocycles. The van der Waals surface area contributed by atoms with Crippen LogP contribution in [-0.4, -0.2) is 28.5 Å². The molecule has 1 aromatic rings. The van der Waals surface area contributed by atoms with E-state index in [2.05, 4.69) is 4.98 Å². The Morgan fingerprint density at radius 1 is 1.20 bits per heavy atom. The van der Waals surface area contributed by atoms with Crippen molar-refractivity contribution in [2.75, 3.05) is 11.4 Å². The van der Waals surface area contributed by atoms with E-state index in [9.17, 15) is 14.7 Å². The second-order valence-corrected chi connectivity index (χ2v) is 4.81. The predicted octanol–water partition coefficient (Wildman–Crippen LogP) is 2.72. The van der Waals surface area contributed by atoms with E-state index in [4.69, 9.17) is 0 Å². The highest BCUT2D eigenvalue weighted by Crippen LogP contribution is 2.32. The van der Waals surface area contributed by atoms with Crippen LogP contribution >= 0.6 is 0 Å². The van der Waals surface area contributed by atoms with Gasteiger partial charge in [-0.25, -0.2) is 0 Å². The molecule has 0 aliphatic rings. The number of pyridine rings is 1. The third-order valence-corrected chi connectivity index (χ3v) is 3.89. The first-order valence-corrected chi connectivity index (χ1v) is 6.94. The number of anilines is 1. The molecule has 1 heterocycles. The minimum atomic E-state index is -0.975. The van der Waals surface area contributed by atoms with E-state index in [1.54, 1.807) is 29.4 Å². The van der Waals surface area contributed by atoms with Gasteiger partial charge in [0.05, 0.1) is 5.41 Å². The fourth-order valence-corrected chi connectivity index (χ4v) is 2.29. The second-order valence-electron chi connectivity index (χ2n) is 4.81. The van der Waals surface area contributed by atoms with Crippen LogP contribution < -0.4 is 4.90 Å². The molecular weight excluding hydrogens is 256 g/mol. The first-order chi connectivity index (χ1) is 9.50. The molecule has 0 aliphatic heterocycles. The van der Waals surface area contributed by atoms with E-state index in [1.165, 1.54) is 0 Å². The Morgan fingerprint density at radius 2 is 1.75 bits per heavy atom. The van der Waals surface area contributed by atoms with Crippen LogP contribution in [-0.2, 0) is 9.59 Å². The Bertz CT molecular complexity index is 455. The zero-order chi connectivity index (χ0) is 15.2. The predicted molar refractivity (Wildman–Crippen MR) is 77.5 cm³/mol. The first kappa shape index (κ1) is 16.1. The molecule has 0 saturated heterocycles. The molecule has 0 aromatic carbocycles. The number of carbonyl (C=O) groups is 2. The third-order valence-electron chi connectivity index (χ3n) is 3.89. The number of hydrogen-bond acceptors (Lipinski definition) is 3. The highest BCUT2D eigenvalue weighted by atomic mass is 16.4. The molecule has 0 aliphatic carbocycles. The van der Waals surface area contributed by atoms with Crippen molar-refractivity contribution in [2.45, 2.75) is 40.0 Å². The summed E-state index contributed by atoms with van der Waals surface area (Å²) >= 11 is 0. The van der Waals surface area contributed by atoms with Crippen molar-refractivity contribution in [3.63, 3.8) is 0 Å². The molecule has 0 bridgehead atoms. The lowest BCUT2D eigenvalue weighted by molar-refractivity contribution is -0.152. The van der Waals surface area contributed by atoms with E-state index < -0.39 is 11.4 Å². The zero-order valence-electron chi connectivity index (χ0n) is 12.3. The normalized spacial score (nSPS) is 11.2. The molecular formula is C15H22N2O3. The molecule has 1 aromatic heterocycles. The van der Waals surface area contributed by atoms with Crippen molar-refractivity contribution < 1.29 is 14.7 Å². The summed E-state index contributed by atoms with van der Waals surface area (Å²) < 4.78 is 0. The molecule has 1 N–H and O–H groups in total. The van der Waals surface area contributed by atoms with E-state index >= 15 is 0 Å². The number of aliphatic carboxylic acids is 1. The van der Waals surface area contributed by atoms with Gasteiger partial charge < -0.3 is 10.0 Å². The molecule has 5 nitrogen and oxygen atoms in total. The van der Waals surface area contributed by atoms with Gasteiger partial charge in [0.2, 0.25) is 5.91 Å². The van der Waals surface area contributed by atoms with E-state index in [0.717, 1.165) is 5.69 Å². The Kier molecular flexibility index (Phi) is 5.67. The Labute approximate surface area is 119 Å². The Hall–Kier alpha value is -1.91. The van der Waals surface area contributed by atoms with E-state index in [0.29, 0.717) is 19.4 Å². The van der Waals surface area contributed by atoms with Crippen molar-refractivity contribution in [3.8, 4) is 0 Å². The molecule has 110 valence electrons. The lowest BCUT2D eigenvalue weighted by Gasteiger charge is -2.29. The zero-order valence-corrected chi connectivity index (χ0v) is 12.3. The lowest BCUT2D eigenvalue weighted by Crippen LogP contribution is -2.39. The van der Waals surface area contributed by atoms with E-state index in [-0.39, 0.29) is 12.3 Å². The van der Waals surface area contributed by atoms with Crippen LogP contribution in [0.4, 0.5) is 5.69 Å². The minimum absolute atomic E-state index is 0.0193. The highest BCUT2D eigenvalue weighted by molar-refractivity contribution is 5.96. The number of carboxylic acid groups (broad SMARTS) is 1. The molecule has 5 heteroatoms. The monoisotopic (exact) mass is 278 g/mol. The Morgan fingerprint density at radius 3 is 2.15 bits per heavy atom. The topological polar surface area (TPSA) is 70.5 Å². The maximum Gasteiger partial charge on any atom is 0.310 e. The van der Waals surface area contributed by atoms with Gasteiger partial charge in [-0.3, -0.25) is 14.6 Å². The number of aromatic nitrogens is 1. The standard InChI is InChI=1S/C15H22N2O3/c1-4-15(5-2,14(19)20)11-13(18)17(6-3)12-7-9-16-10-8-12/h7-10H,4-6,11H2,1-3H3,(H,19,20). The second kappa shape index (κ2) is 7.03. The van der Waals surface area contributed by atoms with Crippen molar-refractivity contribution in [3.05, 3.63) is 24.5 Å². The molecule has 1 amide bonds. The average Bonchev–Trinajstić information content (AvgIpc) is 2.46. The highest BCUT2D eigenvalue weighted by Gasteiger charge is 2.38. The van der Waals surface area contributed by atoms with Crippen molar-refractivity contribution >= 4 is 17.6 Å². The summed E-state index contributed by atoms with van der Waals surface area (Å²) in [7, 11) is 0. The molecule has 0 unspecified atom stereocenters. The van der Waals surface area contributed by atoms with Crippen molar-refractivity contribution in [1.82, 2.24) is 4.98 Å². The van der Waals surface area contributed by atoms with Crippen molar-refractivity contribution in [2.24, 2.45) is 5.41 Å². The largest absolute Gasteiger partial charge is 0.481 e. The molecule has 0 fully saturated rings. The molecule has 1 rings (SSSR count). The van der Waals surface area contributed by atoms with Gasteiger partial charge >= 0.3 is 5.97 Å².